The molecule has 3 aromatic carbocycles. The van der Waals surface area contributed by atoms with Crippen LogP contribution in [0.3, 0.4) is 0 Å². The average Bonchev–Trinajstić information content (AvgIpc) is 2.56. The first-order valence-corrected chi connectivity index (χ1v) is 7.64. The van der Waals surface area contributed by atoms with Crippen molar-refractivity contribution in [2.24, 2.45) is 0 Å². The summed E-state index contributed by atoms with van der Waals surface area (Å²) in [6.07, 6.45) is 0.376. The van der Waals surface area contributed by atoms with Crippen molar-refractivity contribution >= 4 is 22.4 Å². The van der Waals surface area contributed by atoms with E-state index >= 15 is 0 Å². The Kier molecular flexibility index (Phi) is 6.44. The van der Waals surface area contributed by atoms with Crippen molar-refractivity contribution in [3.8, 4) is 0 Å². The molecule has 116 valence electrons. The topological polar surface area (TPSA) is 52.2 Å². The van der Waals surface area contributed by atoms with E-state index in [4.69, 9.17) is 0 Å². The molecule has 0 saturated carbocycles. The van der Waals surface area contributed by atoms with E-state index in [9.17, 15) is 9.90 Å². The second-order valence-electron chi connectivity index (χ2n) is 5.72. The SMILES string of the molecule is Cc1ccccc1NC(Cc1ccc2ccccc2c1)C(=O)[O-].[Na+]. The molecule has 3 aromatic rings. The largest absolute Gasteiger partial charge is 1.00 e. The predicted molar refractivity (Wildman–Crippen MR) is 91.2 cm³/mol. The normalized spacial score (nSPS) is 11.5. The van der Waals surface area contributed by atoms with Crippen LogP contribution in [0.25, 0.3) is 10.8 Å². The van der Waals surface area contributed by atoms with Crippen LogP contribution < -0.4 is 40.0 Å². The second kappa shape index (κ2) is 8.34. The van der Waals surface area contributed by atoms with Gasteiger partial charge in [-0.15, -0.1) is 0 Å². The van der Waals surface area contributed by atoms with E-state index in [1.165, 1.54) is 0 Å². The molecule has 3 nitrogen and oxygen atoms in total. The zero-order valence-electron chi connectivity index (χ0n) is 14.0. The predicted octanol–water partition coefficient (Wildman–Crippen LogP) is -0.0747. The van der Waals surface area contributed by atoms with Crippen LogP contribution in [-0.4, -0.2) is 12.0 Å². The van der Waals surface area contributed by atoms with Gasteiger partial charge in [-0.2, -0.15) is 0 Å². The molecule has 0 fully saturated rings. The standard InChI is InChI=1S/C20H19NO2.Na/c1-14-6-2-5-9-18(14)21-19(20(22)23)13-15-10-11-16-7-3-4-8-17(16)12-15;/h2-12,19,21H,13H2,1H3,(H,22,23);/q;+1/p-1. The molecule has 0 aliphatic carbocycles. The van der Waals surface area contributed by atoms with Crippen molar-refractivity contribution < 1.29 is 39.5 Å². The Morgan fingerprint density at radius 3 is 2.38 bits per heavy atom. The molecule has 0 aliphatic rings. The number of carbonyl (C=O) groups excluding carboxylic acids is 1. The quantitative estimate of drug-likeness (QED) is 0.667. The number of hydrogen-bond acceptors (Lipinski definition) is 3. The third kappa shape index (κ3) is 4.38. The van der Waals surface area contributed by atoms with E-state index in [0.29, 0.717) is 6.42 Å². The Morgan fingerprint density at radius 1 is 1.00 bits per heavy atom. The molecule has 0 aromatic heterocycles. The molecular weight excluding hydrogens is 309 g/mol. The van der Waals surface area contributed by atoms with Gasteiger partial charge in [0.2, 0.25) is 0 Å². The molecular formula is C20H18NNaO2. The number of anilines is 1. The van der Waals surface area contributed by atoms with Gasteiger partial charge in [0.15, 0.2) is 0 Å². The van der Waals surface area contributed by atoms with Crippen molar-refractivity contribution in [1.29, 1.82) is 0 Å². The summed E-state index contributed by atoms with van der Waals surface area (Å²) in [4.78, 5) is 11.5. The summed E-state index contributed by atoms with van der Waals surface area (Å²) in [5, 5.41) is 16.8. The molecule has 1 unspecified atom stereocenters. The summed E-state index contributed by atoms with van der Waals surface area (Å²) in [6, 6.07) is 20.9. The maximum absolute atomic E-state index is 11.5. The molecule has 0 amide bonds. The maximum atomic E-state index is 11.5. The average molecular weight is 327 g/mol. The van der Waals surface area contributed by atoms with E-state index in [1.54, 1.807) is 0 Å². The van der Waals surface area contributed by atoms with E-state index < -0.39 is 12.0 Å². The van der Waals surface area contributed by atoms with Crippen LogP contribution in [0, 0.1) is 6.92 Å². The van der Waals surface area contributed by atoms with Crippen molar-refractivity contribution in [3.05, 3.63) is 77.9 Å². The molecule has 0 saturated heterocycles. The summed E-state index contributed by atoms with van der Waals surface area (Å²) in [6.45, 7) is 1.95. The molecule has 0 spiro atoms. The van der Waals surface area contributed by atoms with Gasteiger partial charge in [0.25, 0.3) is 0 Å². The first-order chi connectivity index (χ1) is 11.1. The van der Waals surface area contributed by atoms with Gasteiger partial charge in [0.1, 0.15) is 0 Å². The third-order valence-electron chi connectivity index (χ3n) is 4.01. The molecule has 0 radical (unpaired) electrons. The van der Waals surface area contributed by atoms with Gasteiger partial charge >= 0.3 is 29.6 Å². The van der Waals surface area contributed by atoms with Gasteiger partial charge in [-0.05, 0) is 41.3 Å². The number of nitrogens with one attached hydrogen (secondary N) is 1. The molecule has 0 aliphatic heterocycles. The first-order valence-electron chi connectivity index (χ1n) is 7.64. The van der Waals surface area contributed by atoms with E-state index in [0.717, 1.165) is 27.6 Å². The molecule has 1 N–H and O–H groups in total. The minimum absolute atomic E-state index is 0. The van der Waals surface area contributed by atoms with Crippen LogP contribution in [0.15, 0.2) is 66.7 Å². The minimum Gasteiger partial charge on any atom is -0.548 e. The Bertz CT molecular complexity index is 848. The van der Waals surface area contributed by atoms with Crippen LogP contribution in [-0.2, 0) is 11.2 Å². The number of carbonyl (C=O) groups is 1. The van der Waals surface area contributed by atoms with Crippen molar-refractivity contribution in [3.63, 3.8) is 0 Å². The zero-order chi connectivity index (χ0) is 16.2. The summed E-state index contributed by atoms with van der Waals surface area (Å²) < 4.78 is 0. The van der Waals surface area contributed by atoms with Gasteiger partial charge in [0, 0.05) is 5.69 Å². The van der Waals surface area contributed by atoms with Crippen LogP contribution >= 0.6 is 0 Å². The van der Waals surface area contributed by atoms with Gasteiger partial charge in [0.05, 0.1) is 12.0 Å². The van der Waals surface area contributed by atoms with Crippen LogP contribution in [0.5, 0.6) is 0 Å². The number of carboxylic acids is 1. The van der Waals surface area contributed by atoms with Crippen LogP contribution in [0.2, 0.25) is 0 Å². The van der Waals surface area contributed by atoms with E-state index in [-0.39, 0.29) is 29.6 Å². The number of carboxylic acid groups (broad SMARTS) is 1. The Hall–Kier alpha value is -1.81. The number of para-hydroxylation sites is 1. The first kappa shape index (κ1) is 18.5. The summed E-state index contributed by atoms with van der Waals surface area (Å²) >= 11 is 0. The fraction of sp³-hybridized carbons (Fsp3) is 0.150. The van der Waals surface area contributed by atoms with Crippen LogP contribution in [0.4, 0.5) is 5.69 Å². The number of hydrogen-bond donors (Lipinski definition) is 1. The second-order valence-corrected chi connectivity index (χ2v) is 5.72. The number of benzene rings is 3. The van der Waals surface area contributed by atoms with Gasteiger partial charge < -0.3 is 15.2 Å². The third-order valence-corrected chi connectivity index (χ3v) is 4.01. The fourth-order valence-corrected chi connectivity index (χ4v) is 2.72. The Morgan fingerprint density at radius 2 is 1.67 bits per heavy atom. The van der Waals surface area contributed by atoms with Crippen molar-refractivity contribution in [2.45, 2.75) is 19.4 Å². The Labute approximate surface area is 164 Å². The van der Waals surface area contributed by atoms with Crippen LogP contribution in [0.1, 0.15) is 11.1 Å². The maximum Gasteiger partial charge on any atom is 1.00 e. The molecule has 24 heavy (non-hydrogen) atoms. The fourth-order valence-electron chi connectivity index (χ4n) is 2.72. The molecule has 3 rings (SSSR count). The Balaban J connectivity index is 0.00000208. The zero-order valence-corrected chi connectivity index (χ0v) is 16.0. The summed E-state index contributed by atoms with van der Waals surface area (Å²) in [7, 11) is 0. The van der Waals surface area contributed by atoms with E-state index in [1.807, 2.05) is 73.7 Å². The monoisotopic (exact) mass is 327 g/mol. The number of aliphatic carboxylic acids is 1. The summed E-state index contributed by atoms with van der Waals surface area (Å²) in [5.41, 5.74) is 2.80. The van der Waals surface area contributed by atoms with Gasteiger partial charge in [-0.3, -0.25) is 0 Å². The van der Waals surface area contributed by atoms with Crippen molar-refractivity contribution in [2.75, 3.05) is 5.32 Å². The molecule has 0 heterocycles. The number of rotatable bonds is 5. The van der Waals surface area contributed by atoms with Crippen molar-refractivity contribution in [1.82, 2.24) is 0 Å². The molecule has 1 atom stereocenters. The molecule has 4 heteroatoms. The van der Waals surface area contributed by atoms with E-state index in [2.05, 4.69) is 5.32 Å². The van der Waals surface area contributed by atoms with Gasteiger partial charge in [-0.1, -0.05) is 60.7 Å². The smallest absolute Gasteiger partial charge is 0.548 e. The number of fused-ring (bicyclic) bond motifs is 1. The minimum atomic E-state index is -1.10. The summed E-state index contributed by atoms with van der Waals surface area (Å²) in [5.74, 6) is -1.10. The van der Waals surface area contributed by atoms with Gasteiger partial charge in [-0.25, -0.2) is 0 Å². The molecule has 0 bridgehead atoms. The number of aryl methyl sites for hydroxylation is 1.